The fourth-order valence-electron chi connectivity index (χ4n) is 3.94. The number of rotatable bonds is 9. The van der Waals surface area contributed by atoms with E-state index in [2.05, 4.69) is 31.7 Å². The van der Waals surface area contributed by atoms with Crippen molar-refractivity contribution in [3.63, 3.8) is 0 Å². The summed E-state index contributed by atoms with van der Waals surface area (Å²) in [6, 6.07) is 19.1. The van der Waals surface area contributed by atoms with Gasteiger partial charge in [-0.15, -0.1) is 0 Å². The second-order valence-corrected chi connectivity index (χ2v) is 11.1. The van der Waals surface area contributed by atoms with Gasteiger partial charge in [-0.1, -0.05) is 68.5 Å². The van der Waals surface area contributed by atoms with Crippen LogP contribution in [-0.2, 0) is 19.3 Å². The van der Waals surface area contributed by atoms with Crippen molar-refractivity contribution in [2.24, 2.45) is 5.41 Å². The zero-order chi connectivity index (χ0) is 26.6. The molecule has 4 nitrogen and oxygen atoms in total. The van der Waals surface area contributed by atoms with E-state index in [-0.39, 0.29) is 17.6 Å². The smallest absolute Gasteiger partial charge is 0.416 e. The third-order valence-corrected chi connectivity index (χ3v) is 7.09. The lowest BCUT2D eigenvalue weighted by molar-refractivity contribution is -0.138. The first-order valence-electron chi connectivity index (χ1n) is 12.1. The molecule has 0 aliphatic carbocycles. The predicted octanol–water partition coefficient (Wildman–Crippen LogP) is 8.35. The molecule has 0 N–H and O–H groups in total. The van der Waals surface area contributed by atoms with E-state index in [1.54, 1.807) is 23.5 Å². The summed E-state index contributed by atoms with van der Waals surface area (Å²) < 4.78 is 52.5. The zero-order valence-electron chi connectivity index (χ0n) is 21.4. The Morgan fingerprint density at radius 1 is 0.919 bits per heavy atom. The average molecular weight is 529 g/mol. The molecule has 37 heavy (non-hydrogen) atoms. The normalized spacial score (nSPS) is 12.1. The van der Waals surface area contributed by atoms with Crippen molar-refractivity contribution in [2.75, 3.05) is 18.6 Å². The van der Waals surface area contributed by atoms with Gasteiger partial charge in [-0.2, -0.15) is 13.2 Å². The summed E-state index contributed by atoms with van der Waals surface area (Å²) in [7, 11) is 1.53. The molecule has 3 aromatic carbocycles. The molecule has 0 atom stereocenters. The number of aromatic nitrogens is 1. The number of para-hydroxylation sites is 1. The molecule has 0 bridgehead atoms. The van der Waals surface area contributed by atoms with Gasteiger partial charge in [0.25, 0.3) is 0 Å². The van der Waals surface area contributed by atoms with Gasteiger partial charge in [0.05, 0.1) is 22.9 Å². The van der Waals surface area contributed by atoms with Gasteiger partial charge in [-0.05, 0) is 47.7 Å². The van der Waals surface area contributed by atoms with Gasteiger partial charge in [-0.3, -0.25) is 0 Å². The molecule has 1 aromatic heterocycles. The minimum absolute atomic E-state index is 0.0744. The van der Waals surface area contributed by atoms with Gasteiger partial charge in [0, 0.05) is 18.7 Å². The van der Waals surface area contributed by atoms with Crippen LogP contribution >= 0.6 is 11.3 Å². The molecule has 0 aliphatic rings. The van der Waals surface area contributed by atoms with E-state index in [0.29, 0.717) is 18.0 Å². The van der Waals surface area contributed by atoms with Crippen molar-refractivity contribution in [1.29, 1.82) is 0 Å². The minimum atomic E-state index is -4.44. The van der Waals surface area contributed by atoms with Crippen molar-refractivity contribution in [1.82, 2.24) is 4.98 Å². The summed E-state index contributed by atoms with van der Waals surface area (Å²) in [5, 5.41) is 0.952. The number of hydrogen-bond acceptors (Lipinski definition) is 5. The fraction of sp³-hybridized carbons (Fsp3) is 0.345. The van der Waals surface area contributed by atoms with Crippen LogP contribution in [-0.4, -0.2) is 18.6 Å². The molecule has 0 fully saturated rings. The van der Waals surface area contributed by atoms with Crippen molar-refractivity contribution >= 4 is 26.7 Å². The molecule has 4 rings (SSSR count). The van der Waals surface area contributed by atoms with Gasteiger partial charge in [-0.25, -0.2) is 4.98 Å². The highest BCUT2D eigenvalue weighted by molar-refractivity contribution is 7.22. The third-order valence-electron chi connectivity index (χ3n) is 5.99. The van der Waals surface area contributed by atoms with E-state index >= 15 is 0 Å². The number of nitrogens with zero attached hydrogens (tertiary/aromatic N) is 2. The number of anilines is 1. The topological polar surface area (TPSA) is 34.6 Å². The molecule has 0 radical (unpaired) electrons. The highest BCUT2D eigenvalue weighted by Crippen LogP contribution is 2.35. The van der Waals surface area contributed by atoms with Crippen LogP contribution in [0.4, 0.5) is 18.3 Å². The van der Waals surface area contributed by atoms with E-state index in [9.17, 15) is 13.2 Å². The Bertz CT molecular complexity index is 1310. The number of methoxy groups -OCH3 is 1. The predicted molar refractivity (Wildman–Crippen MR) is 144 cm³/mol. The van der Waals surface area contributed by atoms with E-state index in [0.717, 1.165) is 39.9 Å². The van der Waals surface area contributed by atoms with Crippen molar-refractivity contribution in [3.05, 3.63) is 83.4 Å². The number of fused-ring (bicyclic) bond motifs is 1. The van der Waals surface area contributed by atoms with Crippen LogP contribution in [0.2, 0.25) is 0 Å². The maximum Gasteiger partial charge on any atom is 0.416 e. The molecule has 0 spiro atoms. The fourth-order valence-corrected chi connectivity index (χ4v) is 4.93. The number of hydrogen-bond donors (Lipinski definition) is 0. The number of ether oxygens (including phenoxy) is 2. The van der Waals surface area contributed by atoms with Crippen molar-refractivity contribution in [2.45, 2.75) is 46.5 Å². The molecule has 196 valence electrons. The van der Waals surface area contributed by atoms with Crippen molar-refractivity contribution < 1.29 is 22.6 Å². The summed E-state index contributed by atoms with van der Waals surface area (Å²) in [5.41, 5.74) is 1.51. The first kappa shape index (κ1) is 26.8. The van der Waals surface area contributed by atoms with Gasteiger partial charge in [0.2, 0.25) is 0 Å². The lowest BCUT2D eigenvalue weighted by Gasteiger charge is -2.27. The molecule has 8 heteroatoms. The standard InChI is InChI=1S/C29H31F3N2O2S/c1-28(2,3)15-16-34(27-33-23-11-7-8-12-26(23)37-27)18-20-13-14-24(25(17-20)35-4)36-19-21-9-5-6-10-22(21)29(30,31)32/h5-14,17H,15-16,18-19H2,1-4H3. The lowest BCUT2D eigenvalue weighted by Crippen LogP contribution is -2.27. The number of thiazole rings is 1. The summed E-state index contributed by atoms with van der Waals surface area (Å²) >= 11 is 1.66. The second-order valence-electron chi connectivity index (χ2n) is 10.1. The SMILES string of the molecule is COc1cc(CN(CCC(C)(C)C)c2nc3ccccc3s2)ccc1OCc1ccccc1C(F)(F)F. The molecule has 0 saturated carbocycles. The highest BCUT2D eigenvalue weighted by atomic mass is 32.1. The summed E-state index contributed by atoms with van der Waals surface area (Å²) in [4.78, 5) is 7.13. The number of halogens is 3. The minimum Gasteiger partial charge on any atom is -0.493 e. The van der Waals surface area contributed by atoms with E-state index in [1.165, 1.54) is 19.2 Å². The Balaban J connectivity index is 1.55. The van der Waals surface area contributed by atoms with Gasteiger partial charge >= 0.3 is 6.18 Å². The molecule has 1 heterocycles. The zero-order valence-corrected chi connectivity index (χ0v) is 22.2. The Labute approximate surface area is 219 Å². The maximum absolute atomic E-state index is 13.3. The molecular formula is C29H31F3N2O2S. The van der Waals surface area contributed by atoms with Crippen LogP contribution in [0.3, 0.4) is 0 Å². The van der Waals surface area contributed by atoms with Crippen molar-refractivity contribution in [3.8, 4) is 11.5 Å². The highest BCUT2D eigenvalue weighted by Gasteiger charge is 2.33. The van der Waals surface area contributed by atoms with Crippen LogP contribution < -0.4 is 14.4 Å². The van der Waals surface area contributed by atoms with E-state index in [4.69, 9.17) is 14.5 Å². The number of alkyl halides is 3. The summed E-state index contributed by atoms with van der Waals surface area (Å²) in [6.45, 7) is 7.89. The maximum atomic E-state index is 13.3. The lowest BCUT2D eigenvalue weighted by atomic mass is 9.92. The van der Waals surface area contributed by atoms with Crippen LogP contribution in [0.25, 0.3) is 10.2 Å². The quantitative estimate of drug-likeness (QED) is 0.219. The Morgan fingerprint density at radius 2 is 1.65 bits per heavy atom. The average Bonchev–Trinajstić information content (AvgIpc) is 3.29. The van der Waals surface area contributed by atoms with E-state index in [1.807, 2.05) is 30.3 Å². The van der Waals surface area contributed by atoms with Crippen LogP contribution in [0.15, 0.2) is 66.7 Å². The number of benzene rings is 3. The van der Waals surface area contributed by atoms with Crippen LogP contribution in [0.1, 0.15) is 43.9 Å². The van der Waals surface area contributed by atoms with Gasteiger partial charge in [0.15, 0.2) is 16.6 Å². The first-order valence-corrected chi connectivity index (χ1v) is 12.9. The first-order chi connectivity index (χ1) is 17.5. The molecule has 0 amide bonds. The summed E-state index contributed by atoms with van der Waals surface area (Å²) in [5.74, 6) is 0.867. The molecule has 0 unspecified atom stereocenters. The molecule has 4 aromatic rings. The molecule has 0 aliphatic heterocycles. The molecule has 0 saturated heterocycles. The molecular weight excluding hydrogens is 497 g/mol. The monoisotopic (exact) mass is 528 g/mol. The van der Waals surface area contributed by atoms with Crippen LogP contribution in [0.5, 0.6) is 11.5 Å². The van der Waals surface area contributed by atoms with Gasteiger partial charge in [0.1, 0.15) is 6.61 Å². The Morgan fingerprint density at radius 3 is 2.35 bits per heavy atom. The third kappa shape index (κ3) is 6.95. The largest absolute Gasteiger partial charge is 0.493 e. The van der Waals surface area contributed by atoms with E-state index < -0.39 is 11.7 Å². The summed E-state index contributed by atoms with van der Waals surface area (Å²) in [6.07, 6.45) is -3.45. The van der Waals surface area contributed by atoms with Gasteiger partial charge < -0.3 is 14.4 Å². The Kier molecular flexibility index (Phi) is 7.97. The van der Waals surface area contributed by atoms with Crippen LogP contribution in [0, 0.1) is 5.41 Å². The Hall–Kier alpha value is -3.26. The second kappa shape index (κ2) is 11.0.